The summed E-state index contributed by atoms with van der Waals surface area (Å²) in [6.45, 7) is 10.9. The normalized spacial score (nSPS) is 42.7. The third kappa shape index (κ3) is 5.49. The van der Waals surface area contributed by atoms with Crippen LogP contribution in [0, 0.1) is 60.2 Å². The third-order valence-electron chi connectivity index (χ3n) is 11.8. The number of hydrogen-bond donors (Lipinski definition) is 4. The Hall–Kier alpha value is -0.950. The average molecular weight is 594 g/mol. The number of benzene rings is 1. The minimum Gasteiger partial charge on any atom is -0.481 e. The van der Waals surface area contributed by atoms with Crippen LogP contribution in [0.15, 0.2) is 22.7 Å². The van der Waals surface area contributed by atoms with Gasteiger partial charge in [0.2, 0.25) is 0 Å². The Labute approximate surface area is 237 Å². The Balaban J connectivity index is 0.000000317. The molecular weight excluding hydrogens is 544 g/mol. The summed E-state index contributed by atoms with van der Waals surface area (Å²) in [6.07, 6.45) is 6.00. The van der Waals surface area contributed by atoms with E-state index in [9.17, 15) is 20.1 Å². The summed E-state index contributed by atoms with van der Waals surface area (Å²) < 4.78 is 1.16. The van der Waals surface area contributed by atoms with Crippen molar-refractivity contribution in [3.05, 3.63) is 33.8 Å². The van der Waals surface area contributed by atoms with Crippen LogP contribution < -0.4 is 0 Å². The summed E-state index contributed by atoms with van der Waals surface area (Å²) in [5.74, 6) is 0.997. The molecule has 38 heavy (non-hydrogen) atoms. The van der Waals surface area contributed by atoms with Crippen molar-refractivity contribution in [2.75, 3.05) is 0 Å². The second kappa shape index (κ2) is 11.5. The summed E-state index contributed by atoms with van der Waals surface area (Å²) in [6, 6.07) is 6.29. The molecule has 0 radical (unpaired) electrons. The van der Waals surface area contributed by atoms with E-state index in [1.165, 1.54) is 11.1 Å². The van der Waals surface area contributed by atoms with Crippen LogP contribution in [0.1, 0.15) is 89.7 Å². The van der Waals surface area contributed by atoms with Crippen molar-refractivity contribution >= 4 is 21.9 Å². The van der Waals surface area contributed by atoms with Crippen LogP contribution in [-0.4, -0.2) is 44.7 Å². The Kier molecular flexibility index (Phi) is 9.09. The van der Waals surface area contributed by atoms with Gasteiger partial charge >= 0.3 is 5.97 Å². The maximum Gasteiger partial charge on any atom is 0.303 e. The summed E-state index contributed by atoms with van der Waals surface area (Å²) in [5, 5.41) is 42.0. The number of carboxylic acids is 1. The Morgan fingerprint density at radius 2 is 1.74 bits per heavy atom. The minimum absolute atomic E-state index is 0.0957. The van der Waals surface area contributed by atoms with Gasteiger partial charge in [0.05, 0.1) is 18.3 Å². The molecule has 4 saturated carbocycles. The highest BCUT2D eigenvalue weighted by molar-refractivity contribution is 9.10. The summed E-state index contributed by atoms with van der Waals surface area (Å²) in [5.41, 5.74) is 2.54. The molecule has 11 atom stereocenters. The lowest BCUT2D eigenvalue weighted by Crippen LogP contribution is -2.62. The van der Waals surface area contributed by atoms with Crippen molar-refractivity contribution in [1.29, 1.82) is 0 Å². The fraction of sp³-hybridized carbons (Fsp3) is 0.781. The Bertz CT molecular complexity index is 998. The molecule has 0 aliphatic heterocycles. The molecule has 214 valence electrons. The van der Waals surface area contributed by atoms with E-state index in [0.717, 1.165) is 49.4 Å². The van der Waals surface area contributed by atoms with Gasteiger partial charge in [0, 0.05) is 10.9 Å². The van der Waals surface area contributed by atoms with Crippen molar-refractivity contribution in [2.24, 2.45) is 46.3 Å². The van der Waals surface area contributed by atoms with Crippen LogP contribution in [0.4, 0.5) is 0 Å². The first-order chi connectivity index (χ1) is 17.8. The lowest BCUT2D eigenvalue weighted by Gasteiger charge is -2.63. The van der Waals surface area contributed by atoms with Crippen LogP contribution in [-0.2, 0) is 4.79 Å². The van der Waals surface area contributed by atoms with E-state index in [4.69, 9.17) is 5.11 Å². The van der Waals surface area contributed by atoms with Crippen LogP contribution in [0.3, 0.4) is 0 Å². The van der Waals surface area contributed by atoms with Gasteiger partial charge in [-0.15, -0.1) is 0 Å². The first-order valence-corrected chi connectivity index (χ1v) is 15.6. The second-order valence-corrected chi connectivity index (χ2v) is 14.6. The van der Waals surface area contributed by atoms with E-state index >= 15 is 0 Å². The Morgan fingerprint density at radius 3 is 2.37 bits per heavy atom. The topological polar surface area (TPSA) is 98.0 Å². The molecule has 5 nitrogen and oxygen atoms in total. The van der Waals surface area contributed by atoms with E-state index in [0.29, 0.717) is 30.1 Å². The van der Waals surface area contributed by atoms with E-state index in [2.05, 4.69) is 68.7 Å². The molecule has 0 heterocycles. The largest absolute Gasteiger partial charge is 0.481 e. The SMILES string of the molecule is C[C@H](CCC(=O)O)[C@H]1CC[C@H]2[C@@H]3[C@H](O)C[C@@H]4C[C@H](O)CC[C@]4(C)[C@H]3C[C@H](O)[C@]12C.Cc1ccc(Br)cc1C. The number of aliphatic hydroxyl groups is 3. The molecule has 1 aromatic carbocycles. The highest BCUT2D eigenvalue weighted by Gasteiger charge is 2.65. The van der Waals surface area contributed by atoms with Gasteiger partial charge in [-0.05, 0) is 135 Å². The Morgan fingerprint density at radius 1 is 1.03 bits per heavy atom. The summed E-state index contributed by atoms with van der Waals surface area (Å²) in [7, 11) is 0. The van der Waals surface area contributed by atoms with E-state index in [-0.39, 0.29) is 41.3 Å². The molecular formula is C32H49BrO5. The number of carbonyl (C=O) groups is 1. The van der Waals surface area contributed by atoms with E-state index < -0.39 is 12.1 Å². The van der Waals surface area contributed by atoms with E-state index in [1.807, 2.05) is 0 Å². The standard InChI is InChI=1S/C24H40O5.C8H9Br/c1-13(4-7-21(28)29)16-5-6-17-22-18(12-20(27)24(16,17)3)23(2)9-8-15(25)10-14(23)11-19(22)26;1-6-3-4-8(9)5-7(6)2/h13-20,22,25-27H,4-12H2,1-3H3,(H,28,29);3-5H,1-2H3/t13-,14+,15-,16-,17+,18+,19-,20+,22+,23+,24-;/m1./s1. The van der Waals surface area contributed by atoms with Gasteiger partial charge in [0.25, 0.3) is 0 Å². The molecule has 4 N–H and O–H groups in total. The quantitative estimate of drug-likeness (QED) is 0.319. The van der Waals surface area contributed by atoms with Gasteiger partial charge < -0.3 is 20.4 Å². The number of hydrogen-bond acceptors (Lipinski definition) is 4. The highest BCUT2D eigenvalue weighted by Crippen LogP contribution is 2.68. The summed E-state index contributed by atoms with van der Waals surface area (Å²) >= 11 is 3.40. The monoisotopic (exact) mass is 592 g/mol. The first-order valence-electron chi connectivity index (χ1n) is 14.8. The zero-order chi connectivity index (χ0) is 28.0. The zero-order valence-corrected chi connectivity index (χ0v) is 25.5. The molecule has 0 amide bonds. The fourth-order valence-electron chi connectivity index (χ4n) is 9.39. The van der Waals surface area contributed by atoms with Gasteiger partial charge in [0.15, 0.2) is 0 Å². The minimum atomic E-state index is -0.748. The maximum absolute atomic E-state index is 11.5. The second-order valence-electron chi connectivity index (χ2n) is 13.7. The predicted octanol–water partition coefficient (Wildman–Crippen LogP) is 6.51. The van der Waals surface area contributed by atoms with Crippen LogP contribution in [0.5, 0.6) is 0 Å². The van der Waals surface area contributed by atoms with Crippen molar-refractivity contribution in [3.63, 3.8) is 0 Å². The molecule has 0 aromatic heterocycles. The third-order valence-corrected chi connectivity index (χ3v) is 12.3. The van der Waals surface area contributed by atoms with Crippen molar-refractivity contribution in [3.8, 4) is 0 Å². The first kappa shape index (κ1) is 30.0. The smallest absolute Gasteiger partial charge is 0.303 e. The predicted molar refractivity (Wildman–Crippen MR) is 154 cm³/mol. The molecule has 1 aromatic rings. The molecule has 0 saturated heterocycles. The molecule has 4 aliphatic rings. The molecule has 0 spiro atoms. The van der Waals surface area contributed by atoms with Crippen molar-refractivity contribution in [2.45, 2.75) is 111 Å². The fourth-order valence-corrected chi connectivity index (χ4v) is 9.86. The number of rotatable bonds is 4. The molecule has 4 fully saturated rings. The number of fused-ring (bicyclic) bond motifs is 5. The van der Waals surface area contributed by atoms with Crippen LogP contribution in [0.25, 0.3) is 0 Å². The lowest BCUT2D eigenvalue weighted by molar-refractivity contribution is -0.207. The van der Waals surface area contributed by atoms with Gasteiger partial charge in [-0.25, -0.2) is 0 Å². The number of aliphatic hydroxyl groups excluding tert-OH is 3. The summed E-state index contributed by atoms with van der Waals surface area (Å²) in [4.78, 5) is 11.1. The highest BCUT2D eigenvalue weighted by atomic mass is 79.9. The van der Waals surface area contributed by atoms with Crippen LogP contribution >= 0.6 is 15.9 Å². The molecule has 5 rings (SSSR count). The van der Waals surface area contributed by atoms with Gasteiger partial charge in [-0.2, -0.15) is 0 Å². The van der Waals surface area contributed by atoms with Crippen molar-refractivity contribution in [1.82, 2.24) is 0 Å². The van der Waals surface area contributed by atoms with E-state index in [1.54, 1.807) is 0 Å². The molecule has 0 unspecified atom stereocenters. The van der Waals surface area contributed by atoms with Gasteiger partial charge in [-0.3, -0.25) is 4.79 Å². The maximum atomic E-state index is 11.5. The van der Waals surface area contributed by atoms with Crippen molar-refractivity contribution < 1.29 is 25.2 Å². The lowest BCUT2D eigenvalue weighted by atomic mass is 9.43. The van der Waals surface area contributed by atoms with Crippen LogP contribution in [0.2, 0.25) is 0 Å². The average Bonchev–Trinajstić information content (AvgIpc) is 3.21. The van der Waals surface area contributed by atoms with Gasteiger partial charge in [0.1, 0.15) is 0 Å². The molecule has 4 aliphatic carbocycles. The zero-order valence-electron chi connectivity index (χ0n) is 23.9. The molecule has 0 bridgehead atoms. The number of aryl methyl sites for hydroxylation is 2. The molecule has 6 heteroatoms. The number of halogens is 1. The van der Waals surface area contributed by atoms with Gasteiger partial charge in [-0.1, -0.05) is 42.8 Å². The number of aliphatic carboxylic acids is 1. The number of carboxylic acid groups (broad SMARTS) is 1.